The minimum absolute atomic E-state index is 0.0448. The second kappa shape index (κ2) is 12.2. The average molecular weight is 535 g/mol. The number of cyclic esters (lactones) is 1. The number of carbonyl (C=O) groups is 1. The molecule has 11 nitrogen and oxygen atoms in total. The van der Waals surface area contributed by atoms with Gasteiger partial charge in [0.1, 0.15) is 24.4 Å². The van der Waals surface area contributed by atoms with Crippen LogP contribution in [-0.2, 0) is 27.1 Å². The van der Waals surface area contributed by atoms with Crippen molar-refractivity contribution < 1.29 is 53.6 Å². The number of benzene rings is 2. The van der Waals surface area contributed by atoms with E-state index in [0.717, 1.165) is 11.1 Å². The normalized spacial score (nSPS) is 29.0. The molecule has 0 aliphatic carbocycles. The van der Waals surface area contributed by atoms with Crippen molar-refractivity contribution >= 4 is 5.97 Å². The number of hydrogen-bond donors (Lipinski definition) is 4. The lowest BCUT2D eigenvalue weighted by Gasteiger charge is -2.39. The molecule has 2 fully saturated rings. The van der Waals surface area contributed by atoms with E-state index in [1.54, 1.807) is 32.4 Å². The number of ether oxygens (including phenoxy) is 6. The molecule has 2 aliphatic rings. The zero-order chi connectivity index (χ0) is 27.4. The van der Waals surface area contributed by atoms with Crippen LogP contribution < -0.4 is 18.9 Å². The van der Waals surface area contributed by atoms with E-state index in [4.69, 9.17) is 28.4 Å². The number of methoxy groups -OCH3 is 3. The van der Waals surface area contributed by atoms with Gasteiger partial charge in [-0.05, 0) is 48.2 Å². The van der Waals surface area contributed by atoms with Crippen LogP contribution in [-0.4, -0.2) is 91.6 Å². The van der Waals surface area contributed by atoms with E-state index in [1.807, 2.05) is 18.2 Å². The summed E-state index contributed by atoms with van der Waals surface area (Å²) in [5, 5.41) is 39.7. The van der Waals surface area contributed by atoms with Crippen LogP contribution in [0, 0.1) is 11.8 Å². The van der Waals surface area contributed by atoms with Crippen LogP contribution >= 0.6 is 0 Å². The molecule has 2 aliphatic heterocycles. The highest BCUT2D eigenvalue weighted by Gasteiger charge is 2.45. The molecule has 2 aromatic rings. The van der Waals surface area contributed by atoms with Gasteiger partial charge in [0.25, 0.3) is 0 Å². The zero-order valence-corrected chi connectivity index (χ0v) is 21.5. The Balaban J connectivity index is 1.47. The molecule has 0 amide bonds. The van der Waals surface area contributed by atoms with Gasteiger partial charge in [-0.3, -0.25) is 4.79 Å². The van der Waals surface area contributed by atoms with Crippen LogP contribution in [0.5, 0.6) is 23.0 Å². The molecule has 11 heteroatoms. The van der Waals surface area contributed by atoms with Gasteiger partial charge in [0.2, 0.25) is 6.29 Å². The number of aliphatic hydroxyl groups excluding tert-OH is 4. The Hall–Kier alpha value is -3.09. The van der Waals surface area contributed by atoms with Gasteiger partial charge in [-0.2, -0.15) is 0 Å². The topological polar surface area (TPSA) is 153 Å². The van der Waals surface area contributed by atoms with Crippen molar-refractivity contribution in [2.45, 2.75) is 43.5 Å². The summed E-state index contributed by atoms with van der Waals surface area (Å²) in [6.45, 7) is -0.254. The SMILES string of the molecule is COc1ccc(C[C@@H]2COC(=O)[C@H]2Cc2ccc(O[C@H]3O[C@@H](CO)[C@@H](O)[C@@H](O)[C@H]3O)c(OC)c2)cc1OC. The predicted octanol–water partition coefficient (Wildman–Crippen LogP) is 0.466. The third-order valence-corrected chi connectivity index (χ3v) is 7.03. The first-order valence-electron chi connectivity index (χ1n) is 12.3. The Kier molecular flexibility index (Phi) is 8.95. The van der Waals surface area contributed by atoms with Gasteiger partial charge in [0, 0.05) is 5.92 Å². The maximum atomic E-state index is 12.6. The minimum Gasteiger partial charge on any atom is -0.493 e. The van der Waals surface area contributed by atoms with E-state index in [-0.39, 0.29) is 23.6 Å². The van der Waals surface area contributed by atoms with E-state index in [9.17, 15) is 25.2 Å². The molecule has 0 unspecified atom stereocenters. The maximum Gasteiger partial charge on any atom is 0.309 e. The molecule has 2 aromatic carbocycles. The third-order valence-electron chi connectivity index (χ3n) is 7.03. The molecule has 0 spiro atoms. The highest BCUT2D eigenvalue weighted by atomic mass is 16.7. The standard InChI is InChI=1S/C27H34O11/c1-33-18-6-4-14(10-20(18)34-2)8-16-13-36-26(32)17(16)9-15-5-7-19(21(11-15)35-3)37-27-25(31)24(30)23(29)22(12-28)38-27/h4-7,10-11,16-17,22-25,27-31H,8-9,12-13H2,1-3H3/t16-,17+,22+,23-,24-,25-,27+/m1/s1. The Bertz CT molecular complexity index is 1100. The summed E-state index contributed by atoms with van der Waals surface area (Å²) in [5.74, 6) is 1.10. The predicted molar refractivity (Wildman–Crippen MR) is 132 cm³/mol. The molecule has 2 heterocycles. The minimum atomic E-state index is -1.56. The summed E-state index contributed by atoms with van der Waals surface area (Å²) in [6, 6.07) is 10.8. The van der Waals surface area contributed by atoms with Gasteiger partial charge in [0.15, 0.2) is 23.0 Å². The Labute approximate surface area is 220 Å². The van der Waals surface area contributed by atoms with Gasteiger partial charge in [-0.15, -0.1) is 0 Å². The highest BCUT2D eigenvalue weighted by Crippen LogP contribution is 2.36. The maximum absolute atomic E-state index is 12.6. The van der Waals surface area contributed by atoms with Crippen LogP contribution in [0.2, 0.25) is 0 Å². The first kappa shape index (κ1) is 27.9. The first-order valence-corrected chi connectivity index (χ1v) is 12.3. The summed E-state index contributed by atoms with van der Waals surface area (Å²) >= 11 is 0. The smallest absolute Gasteiger partial charge is 0.309 e. The molecule has 38 heavy (non-hydrogen) atoms. The van der Waals surface area contributed by atoms with Crippen LogP contribution in [0.25, 0.3) is 0 Å². The first-order chi connectivity index (χ1) is 18.3. The average Bonchev–Trinajstić information content (AvgIpc) is 3.27. The summed E-state index contributed by atoms with van der Waals surface area (Å²) in [6.07, 6.45) is -6.02. The Morgan fingerprint density at radius 3 is 2.05 bits per heavy atom. The Morgan fingerprint density at radius 1 is 0.816 bits per heavy atom. The van der Waals surface area contributed by atoms with Crippen molar-refractivity contribution in [3.8, 4) is 23.0 Å². The van der Waals surface area contributed by atoms with Crippen LogP contribution in [0.15, 0.2) is 36.4 Å². The van der Waals surface area contributed by atoms with Crippen molar-refractivity contribution in [2.24, 2.45) is 11.8 Å². The lowest BCUT2D eigenvalue weighted by atomic mass is 9.85. The molecular weight excluding hydrogens is 500 g/mol. The highest BCUT2D eigenvalue weighted by molar-refractivity contribution is 5.75. The number of hydrogen-bond acceptors (Lipinski definition) is 11. The fourth-order valence-electron chi connectivity index (χ4n) is 4.85. The Morgan fingerprint density at radius 2 is 1.42 bits per heavy atom. The molecule has 4 rings (SSSR count). The summed E-state index contributed by atoms with van der Waals surface area (Å²) in [5.41, 5.74) is 1.81. The fraction of sp³-hybridized carbons (Fsp3) is 0.519. The van der Waals surface area contributed by atoms with E-state index >= 15 is 0 Å². The van der Waals surface area contributed by atoms with Crippen LogP contribution in [0.4, 0.5) is 0 Å². The van der Waals surface area contributed by atoms with Crippen molar-refractivity contribution in [3.05, 3.63) is 47.5 Å². The quantitative estimate of drug-likeness (QED) is 0.315. The van der Waals surface area contributed by atoms with Gasteiger partial charge < -0.3 is 48.8 Å². The third kappa shape index (κ3) is 5.82. The molecule has 4 N–H and O–H groups in total. The van der Waals surface area contributed by atoms with Crippen molar-refractivity contribution in [3.63, 3.8) is 0 Å². The molecule has 0 saturated carbocycles. The van der Waals surface area contributed by atoms with Crippen molar-refractivity contribution in [2.75, 3.05) is 34.5 Å². The van der Waals surface area contributed by atoms with Crippen molar-refractivity contribution in [1.29, 1.82) is 0 Å². The second-order valence-corrected chi connectivity index (χ2v) is 9.39. The van der Waals surface area contributed by atoms with Gasteiger partial charge in [-0.25, -0.2) is 0 Å². The lowest BCUT2D eigenvalue weighted by molar-refractivity contribution is -0.277. The van der Waals surface area contributed by atoms with E-state index in [0.29, 0.717) is 36.7 Å². The fourth-order valence-corrected chi connectivity index (χ4v) is 4.85. The summed E-state index contributed by atoms with van der Waals surface area (Å²) in [7, 11) is 4.60. The van der Waals surface area contributed by atoms with Crippen LogP contribution in [0.1, 0.15) is 11.1 Å². The molecule has 0 radical (unpaired) electrons. The molecule has 208 valence electrons. The number of rotatable bonds is 10. The zero-order valence-electron chi connectivity index (χ0n) is 21.5. The van der Waals surface area contributed by atoms with Gasteiger partial charge >= 0.3 is 5.97 Å². The van der Waals surface area contributed by atoms with E-state index < -0.39 is 37.3 Å². The molecule has 0 bridgehead atoms. The van der Waals surface area contributed by atoms with Crippen molar-refractivity contribution in [1.82, 2.24) is 0 Å². The molecule has 7 atom stereocenters. The molecule has 0 aromatic heterocycles. The van der Waals surface area contributed by atoms with Gasteiger partial charge in [0.05, 0.1) is 40.5 Å². The summed E-state index contributed by atoms with van der Waals surface area (Å²) in [4.78, 5) is 12.6. The second-order valence-electron chi connectivity index (χ2n) is 9.39. The van der Waals surface area contributed by atoms with Crippen LogP contribution in [0.3, 0.4) is 0 Å². The number of aliphatic hydroxyl groups is 4. The van der Waals surface area contributed by atoms with Gasteiger partial charge in [-0.1, -0.05) is 12.1 Å². The molecular formula is C27H34O11. The monoisotopic (exact) mass is 534 g/mol. The molecule has 2 saturated heterocycles. The lowest BCUT2D eigenvalue weighted by Crippen LogP contribution is -2.60. The number of esters is 1. The largest absolute Gasteiger partial charge is 0.493 e. The van der Waals surface area contributed by atoms with E-state index in [1.165, 1.54) is 7.11 Å². The van der Waals surface area contributed by atoms with E-state index in [2.05, 4.69) is 0 Å². The number of carbonyl (C=O) groups excluding carboxylic acids is 1. The summed E-state index contributed by atoms with van der Waals surface area (Å²) < 4.78 is 32.7.